The third kappa shape index (κ3) is 2.80. The molecule has 2 heteroatoms. The van der Waals surface area contributed by atoms with Crippen molar-refractivity contribution in [2.24, 2.45) is 0 Å². The molecule has 0 radical (unpaired) electrons. The molecule has 2 aromatic rings. The lowest BCUT2D eigenvalue weighted by Gasteiger charge is -2.09. The first-order valence-corrected chi connectivity index (χ1v) is 5.05. The highest BCUT2D eigenvalue weighted by Crippen LogP contribution is 2.27. The molecule has 0 aromatic heterocycles. The van der Waals surface area contributed by atoms with Crippen molar-refractivity contribution < 1.29 is 4.70 Å². The van der Waals surface area contributed by atoms with Crippen LogP contribution in [0.15, 0.2) is 60.7 Å². The molecule has 2 aromatic carbocycles. The Morgan fingerprint density at radius 2 is 1.00 bits per heavy atom. The van der Waals surface area contributed by atoms with Crippen molar-refractivity contribution in [3.63, 3.8) is 0 Å². The maximum absolute atomic E-state index is 6.33. The van der Waals surface area contributed by atoms with Gasteiger partial charge in [-0.3, -0.25) is 4.70 Å². The summed E-state index contributed by atoms with van der Waals surface area (Å²) in [4.78, 5) is 0. The van der Waals surface area contributed by atoms with Crippen LogP contribution in [0.5, 0.6) is 0 Å². The normalized spacial score (nSPS) is 9.73. The molecule has 0 bridgehead atoms. The fourth-order valence-corrected chi connectivity index (χ4v) is 1.73. The maximum Gasteiger partial charge on any atom is 0.0835 e. The summed E-state index contributed by atoms with van der Waals surface area (Å²) in [5.41, 5.74) is 2.28. The number of rotatable bonds is 2. The van der Waals surface area contributed by atoms with Gasteiger partial charge >= 0.3 is 0 Å². The summed E-state index contributed by atoms with van der Waals surface area (Å²) >= 11 is 6.33. The van der Waals surface area contributed by atoms with Gasteiger partial charge in [-0.1, -0.05) is 60.7 Å². The summed E-state index contributed by atoms with van der Waals surface area (Å²) in [6.07, 6.45) is 0. The monoisotopic (exact) mass is 222 g/mol. The van der Waals surface area contributed by atoms with E-state index in [0.717, 1.165) is 11.1 Å². The summed E-state index contributed by atoms with van der Waals surface area (Å²) in [6.45, 7) is 0. The predicted octanol–water partition coefficient (Wildman–Crippen LogP) is 4.17. The van der Waals surface area contributed by atoms with Crippen LogP contribution in [0.4, 0.5) is 4.70 Å². The van der Waals surface area contributed by atoms with Gasteiger partial charge in [-0.05, 0) is 11.1 Å². The molecular formula is C13H12ClF. The molecule has 15 heavy (non-hydrogen) atoms. The third-order valence-electron chi connectivity index (χ3n) is 2.18. The van der Waals surface area contributed by atoms with Crippen molar-refractivity contribution in [1.82, 2.24) is 0 Å². The molecule has 0 nitrogen and oxygen atoms in total. The summed E-state index contributed by atoms with van der Waals surface area (Å²) in [5, 5.41) is -0.0441. The molecule has 0 aliphatic carbocycles. The largest absolute Gasteiger partial charge is 0.269 e. The van der Waals surface area contributed by atoms with E-state index in [4.69, 9.17) is 11.6 Å². The van der Waals surface area contributed by atoms with E-state index in [0.29, 0.717) is 0 Å². The minimum Gasteiger partial charge on any atom is -0.269 e. The fourth-order valence-electron chi connectivity index (χ4n) is 1.44. The quantitative estimate of drug-likeness (QED) is 0.669. The molecule has 0 fully saturated rings. The zero-order chi connectivity index (χ0) is 9.80. The van der Waals surface area contributed by atoms with Gasteiger partial charge in [0.25, 0.3) is 0 Å². The Labute approximate surface area is 93.9 Å². The molecule has 78 valence electrons. The number of hydrogen-bond donors (Lipinski definition) is 0. The Balaban J connectivity index is 0.00000112. The number of halogens is 2. The van der Waals surface area contributed by atoms with Gasteiger partial charge in [-0.2, -0.15) is 0 Å². The van der Waals surface area contributed by atoms with Crippen LogP contribution >= 0.6 is 11.6 Å². The Kier molecular flexibility index (Phi) is 4.32. The van der Waals surface area contributed by atoms with Crippen LogP contribution in [0.25, 0.3) is 0 Å². The summed E-state index contributed by atoms with van der Waals surface area (Å²) in [5.74, 6) is 0. The van der Waals surface area contributed by atoms with Gasteiger partial charge in [-0.15, -0.1) is 11.6 Å². The first-order valence-electron chi connectivity index (χ1n) is 4.62. The lowest BCUT2D eigenvalue weighted by Crippen LogP contribution is -1.91. The van der Waals surface area contributed by atoms with E-state index in [9.17, 15) is 0 Å². The van der Waals surface area contributed by atoms with Crippen molar-refractivity contribution in [3.05, 3.63) is 71.8 Å². The second kappa shape index (κ2) is 5.52. The van der Waals surface area contributed by atoms with Crippen molar-refractivity contribution in [2.75, 3.05) is 0 Å². The highest BCUT2D eigenvalue weighted by atomic mass is 35.5. The number of benzene rings is 2. The zero-order valence-electron chi connectivity index (χ0n) is 8.14. The zero-order valence-corrected chi connectivity index (χ0v) is 8.89. The lowest BCUT2D eigenvalue weighted by molar-refractivity contribution is 1.11. The van der Waals surface area contributed by atoms with Gasteiger partial charge in [-0.25, -0.2) is 0 Å². The number of hydrogen-bond acceptors (Lipinski definition) is 0. The highest BCUT2D eigenvalue weighted by molar-refractivity contribution is 6.22. The average Bonchev–Trinajstić information content (AvgIpc) is 2.30. The molecule has 0 N–H and O–H groups in total. The van der Waals surface area contributed by atoms with Crippen LogP contribution < -0.4 is 0 Å². The van der Waals surface area contributed by atoms with Gasteiger partial charge in [0.2, 0.25) is 0 Å². The van der Waals surface area contributed by atoms with Gasteiger partial charge < -0.3 is 0 Å². The van der Waals surface area contributed by atoms with E-state index < -0.39 is 0 Å². The molecule has 0 amide bonds. The van der Waals surface area contributed by atoms with Gasteiger partial charge in [0.15, 0.2) is 0 Å². The molecule has 2 rings (SSSR count). The Hall–Kier alpha value is -1.34. The van der Waals surface area contributed by atoms with E-state index in [-0.39, 0.29) is 10.1 Å². The van der Waals surface area contributed by atoms with Crippen LogP contribution in [-0.2, 0) is 0 Å². The molecule has 0 saturated heterocycles. The predicted molar refractivity (Wildman–Crippen MR) is 63.1 cm³/mol. The molecule has 0 aliphatic rings. The van der Waals surface area contributed by atoms with E-state index >= 15 is 0 Å². The molecular weight excluding hydrogens is 211 g/mol. The van der Waals surface area contributed by atoms with Crippen molar-refractivity contribution in [1.29, 1.82) is 0 Å². The minimum absolute atomic E-state index is 0. The third-order valence-corrected chi connectivity index (χ3v) is 2.69. The molecule has 0 aliphatic heterocycles. The van der Waals surface area contributed by atoms with Gasteiger partial charge in [0, 0.05) is 0 Å². The Morgan fingerprint density at radius 1 is 0.667 bits per heavy atom. The van der Waals surface area contributed by atoms with Crippen LogP contribution in [0.2, 0.25) is 0 Å². The fraction of sp³-hybridized carbons (Fsp3) is 0.0769. The van der Waals surface area contributed by atoms with Crippen LogP contribution in [0.3, 0.4) is 0 Å². The Morgan fingerprint density at radius 3 is 1.33 bits per heavy atom. The highest BCUT2D eigenvalue weighted by Gasteiger charge is 2.08. The SMILES string of the molecule is ClC(c1ccccc1)c1ccccc1.F. The van der Waals surface area contributed by atoms with Crippen molar-refractivity contribution in [3.8, 4) is 0 Å². The lowest BCUT2D eigenvalue weighted by atomic mass is 10.0. The Bertz CT molecular complexity index is 346. The standard InChI is InChI=1S/C13H11Cl.FH/c14-13(11-7-3-1-4-8-11)12-9-5-2-6-10-12;/h1-10,13H;1H. The van der Waals surface area contributed by atoms with Gasteiger partial charge in [0.05, 0.1) is 5.38 Å². The van der Waals surface area contributed by atoms with Crippen molar-refractivity contribution in [2.45, 2.75) is 5.38 Å². The van der Waals surface area contributed by atoms with Gasteiger partial charge in [0.1, 0.15) is 0 Å². The van der Waals surface area contributed by atoms with Crippen LogP contribution in [0.1, 0.15) is 16.5 Å². The molecule has 0 unspecified atom stereocenters. The number of alkyl halides is 1. The van der Waals surface area contributed by atoms with Crippen LogP contribution in [-0.4, -0.2) is 0 Å². The average molecular weight is 223 g/mol. The molecule has 0 spiro atoms. The van der Waals surface area contributed by atoms with Crippen molar-refractivity contribution >= 4 is 11.6 Å². The topological polar surface area (TPSA) is 0 Å². The summed E-state index contributed by atoms with van der Waals surface area (Å²) < 4.78 is 0. The second-order valence-corrected chi connectivity index (χ2v) is 3.62. The smallest absolute Gasteiger partial charge is 0.0835 e. The van der Waals surface area contributed by atoms with Crippen LogP contribution in [0, 0.1) is 0 Å². The summed E-state index contributed by atoms with van der Waals surface area (Å²) in [7, 11) is 0. The van der Waals surface area contributed by atoms with E-state index in [1.807, 2.05) is 60.7 Å². The van der Waals surface area contributed by atoms with E-state index in [1.165, 1.54) is 0 Å². The first-order chi connectivity index (χ1) is 6.88. The molecule has 0 heterocycles. The molecule has 0 saturated carbocycles. The molecule has 0 atom stereocenters. The summed E-state index contributed by atoms with van der Waals surface area (Å²) in [6, 6.07) is 20.2. The van der Waals surface area contributed by atoms with E-state index in [1.54, 1.807) is 0 Å². The minimum atomic E-state index is -0.0441. The maximum atomic E-state index is 6.33. The second-order valence-electron chi connectivity index (χ2n) is 3.18. The van der Waals surface area contributed by atoms with E-state index in [2.05, 4.69) is 0 Å². The first kappa shape index (κ1) is 11.7.